The molecular formula is C11H13F2NO2. The topological polar surface area (TPSA) is 49.3 Å². The monoisotopic (exact) mass is 229 g/mol. The van der Waals surface area contributed by atoms with Gasteiger partial charge in [-0.05, 0) is 5.56 Å². The summed E-state index contributed by atoms with van der Waals surface area (Å²) in [7, 11) is 0. The van der Waals surface area contributed by atoms with Crippen LogP contribution in [-0.2, 0) is 11.2 Å². The molecule has 1 atom stereocenters. The molecule has 0 aromatic heterocycles. The van der Waals surface area contributed by atoms with Crippen LogP contribution in [0.15, 0.2) is 30.3 Å². The molecule has 0 bridgehead atoms. The maximum atomic E-state index is 11.9. The molecule has 0 spiro atoms. The average Bonchev–Trinajstić information content (AvgIpc) is 2.27. The average molecular weight is 229 g/mol. The van der Waals surface area contributed by atoms with Crippen molar-refractivity contribution in [3.8, 4) is 0 Å². The first-order valence-corrected chi connectivity index (χ1v) is 4.86. The molecule has 1 rings (SSSR count). The van der Waals surface area contributed by atoms with Crippen molar-refractivity contribution in [3.05, 3.63) is 35.9 Å². The number of aliphatic hydroxyl groups excluding tert-OH is 1. The zero-order chi connectivity index (χ0) is 12.0. The van der Waals surface area contributed by atoms with Crippen LogP contribution in [0.25, 0.3) is 0 Å². The molecule has 5 heteroatoms. The van der Waals surface area contributed by atoms with Gasteiger partial charge in [0.15, 0.2) is 0 Å². The predicted molar refractivity (Wildman–Crippen MR) is 55.2 cm³/mol. The number of halogens is 2. The van der Waals surface area contributed by atoms with Gasteiger partial charge in [-0.25, -0.2) is 8.78 Å². The van der Waals surface area contributed by atoms with E-state index in [0.29, 0.717) is 0 Å². The Hall–Kier alpha value is -1.49. The number of amides is 1. The molecule has 0 radical (unpaired) electrons. The summed E-state index contributed by atoms with van der Waals surface area (Å²) in [6.45, 7) is -0.427. The van der Waals surface area contributed by atoms with Crippen molar-refractivity contribution in [1.29, 1.82) is 0 Å². The van der Waals surface area contributed by atoms with Gasteiger partial charge in [0.2, 0.25) is 5.91 Å². The van der Waals surface area contributed by atoms with E-state index in [1.54, 1.807) is 24.3 Å². The summed E-state index contributed by atoms with van der Waals surface area (Å²) in [4.78, 5) is 11.3. The first-order valence-electron chi connectivity index (χ1n) is 4.86. The van der Waals surface area contributed by atoms with Crippen LogP contribution >= 0.6 is 0 Å². The minimum Gasteiger partial charge on any atom is -0.385 e. The zero-order valence-corrected chi connectivity index (χ0v) is 8.57. The van der Waals surface area contributed by atoms with Crippen molar-refractivity contribution in [2.24, 2.45) is 0 Å². The summed E-state index contributed by atoms with van der Waals surface area (Å²) >= 11 is 0. The van der Waals surface area contributed by atoms with Gasteiger partial charge < -0.3 is 10.4 Å². The normalized spacial score (nSPS) is 12.5. The fourth-order valence-electron chi connectivity index (χ4n) is 1.15. The Morgan fingerprint density at radius 2 is 1.94 bits per heavy atom. The molecule has 0 saturated heterocycles. The summed E-state index contributed by atoms with van der Waals surface area (Å²) in [5.41, 5.74) is 0.798. The fraction of sp³-hybridized carbons (Fsp3) is 0.364. The Morgan fingerprint density at radius 1 is 1.31 bits per heavy atom. The van der Waals surface area contributed by atoms with E-state index in [4.69, 9.17) is 5.11 Å². The molecule has 0 aliphatic heterocycles. The number of benzene rings is 1. The van der Waals surface area contributed by atoms with Crippen molar-refractivity contribution in [3.63, 3.8) is 0 Å². The van der Waals surface area contributed by atoms with Gasteiger partial charge in [0.1, 0.15) is 6.10 Å². The Morgan fingerprint density at radius 3 is 2.50 bits per heavy atom. The van der Waals surface area contributed by atoms with Gasteiger partial charge in [-0.1, -0.05) is 30.3 Å². The third-order valence-electron chi connectivity index (χ3n) is 2.01. The molecule has 3 nitrogen and oxygen atoms in total. The number of carbonyl (C=O) groups excluding carboxylic acids is 1. The zero-order valence-electron chi connectivity index (χ0n) is 8.57. The highest BCUT2D eigenvalue weighted by Gasteiger charge is 2.17. The van der Waals surface area contributed by atoms with Crippen molar-refractivity contribution in [2.75, 3.05) is 6.54 Å². The second-order valence-corrected chi connectivity index (χ2v) is 3.37. The van der Waals surface area contributed by atoms with Crippen LogP contribution in [0.1, 0.15) is 5.56 Å². The van der Waals surface area contributed by atoms with Crippen LogP contribution in [-0.4, -0.2) is 30.1 Å². The smallest absolute Gasteiger partial charge is 0.265 e. The lowest BCUT2D eigenvalue weighted by atomic mass is 10.1. The summed E-state index contributed by atoms with van der Waals surface area (Å²) in [6, 6.07) is 8.93. The Kier molecular flexibility index (Phi) is 4.85. The molecular weight excluding hydrogens is 216 g/mol. The van der Waals surface area contributed by atoms with Gasteiger partial charge in [0, 0.05) is 6.54 Å². The van der Waals surface area contributed by atoms with Crippen LogP contribution < -0.4 is 5.32 Å². The first kappa shape index (κ1) is 12.6. The molecule has 1 aromatic rings. The molecule has 1 amide bonds. The van der Waals surface area contributed by atoms with E-state index in [1.165, 1.54) is 0 Å². The van der Waals surface area contributed by atoms with Gasteiger partial charge in [-0.2, -0.15) is 0 Å². The lowest BCUT2D eigenvalue weighted by Gasteiger charge is -2.10. The summed E-state index contributed by atoms with van der Waals surface area (Å²) in [5, 5.41) is 11.0. The summed E-state index contributed by atoms with van der Waals surface area (Å²) < 4.78 is 23.8. The number of rotatable bonds is 5. The fourth-order valence-corrected chi connectivity index (χ4v) is 1.15. The number of carbonyl (C=O) groups is 1. The maximum Gasteiger partial charge on any atom is 0.265 e. The van der Waals surface area contributed by atoms with Gasteiger partial charge >= 0.3 is 0 Å². The van der Waals surface area contributed by atoms with E-state index in [1.807, 2.05) is 6.07 Å². The number of aliphatic hydroxyl groups is 1. The number of hydrogen-bond donors (Lipinski definition) is 2. The second kappa shape index (κ2) is 6.17. The highest BCUT2D eigenvalue weighted by molar-refractivity contribution is 5.78. The largest absolute Gasteiger partial charge is 0.385 e. The predicted octanol–water partition coefficient (Wildman–Crippen LogP) is 0.971. The molecule has 0 heterocycles. The Labute approximate surface area is 92.1 Å². The molecule has 0 aliphatic rings. The van der Waals surface area contributed by atoms with Crippen LogP contribution in [0.3, 0.4) is 0 Å². The quantitative estimate of drug-likeness (QED) is 0.790. The van der Waals surface area contributed by atoms with E-state index in [2.05, 4.69) is 5.32 Å². The van der Waals surface area contributed by atoms with Crippen LogP contribution in [0.2, 0.25) is 0 Å². The second-order valence-electron chi connectivity index (χ2n) is 3.37. The van der Waals surface area contributed by atoms with Crippen LogP contribution in [0.4, 0.5) is 8.78 Å². The van der Waals surface area contributed by atoms with E-state index in [0.717, 1.165) is 5.56 Å². The third-order valence-corrected chi connectivity index (χ3v) is 2.01. The van der Waals surface area contributed by atoms with Crippen molar-refractivity contribution in [1.82, 2.24) is 5.32 Å². The molecule has 16 heavy (non-hydrogen) atoms. The molecule has 2 N–H and O–H groups in total. The Bertz CT molecular complexity index is 330. The Balaban J connectivity index is 2.32. The SMILES string of the molecule is O=C(Cc1ccccc1)NCC(O)C(F)F. The summed E-state index contributed by atoms with van der Waals surface area (Å²) in [5.74, 6) is -0.383. The minimum absolute atomic E-state index is 0.122. The third kappa shape index (κ3) is 4.35. The number of alkyl halides is 2. The standard InChI is InChI=1S/C11H13F2NO2/c12-11(13)9(15)7-14-10(16)6-8-4-2-1-3-5-8/h1-5,9,11,15H,6-7H2,(H,14,16). The number of hydrogen-bond acceptors (Lipinski definition) is 2. The van der Waals surface area contributed by atoms with Crippen molar-refractivity contribution < 1.29 is 18.7 Å². The molecule has 1 aromatic carbocycles. The highest BCUT2D eigenvalue weighted by Crippen LogP contribution is 2.01. The van der Waals surface area contributed by atoms with Gasteiger partial charge in [0.05, 0.1) is 6.42 Å². The first-order chi connectivity index (χ1) is 7.59. The van der Waals surface area contributed by atoms with E-state index in [-0.39, 0.29) is 12.3 Å². The molecule has 0 aliphatic carbocycles. The van der Waals surface area contributed by atoms with E-state index < -0.39 is 19.1 Å². The summed E-state index contributed by atoms with van der Waals surface area (Å²) in [6.07, 6.45) is -4.52. The van der Waals surface area contributed by atoms with Gasteiger partial charge in [-0.3, -0.25) is 4.79 Å². The van der Waals surface area contributed by atoms with Crippen molar-refractivity contribution >= 4 is 5.91 Å². The maximum absolute atomic E-state index is 11.9. The van der Waals surface area contributed by atoms with Crippen molar-refractivity contribution in [2.45, 2.75) is 19.0 Å². The number of nitrogens with one attached hydrogen (secondary N) is 1. The highest BCUT2D eigenvalue weighted by atomic mass is 19.3. The lowest BCUT2D eigenvalue weighted by molar-refractivity contribution is -0.121. The molecule has 0 saturated carbocycles. The van der Waals surface area contributed by atoms with E-state index >= 15 is 0 Å². The van der Waals surface area contributed by atoms with Crippen LogP contribution in [0.5, 0.6) is 0 Å². The van der Waals surface area contributed by atoms with Gasteiger partial charge in [0.25, 0.3) is 6.43 Å². The van der Waals surface area contributed by atoms with Crippen LogP contribution in [0, 0.1) is 0 Å². The molecule has 88 valence electrons. The van der Waals surface area contributed by atoms with Gasteiger partial charge in [-0.15, -0.1) is 0 Å². The lowest BCUT2D eigenvalue weighted by Crippen LogP contribution is -2.36. The molecule has 1 unspecified atom stereocenters. The minimum atomic E-state index is -2.84. The van der Waals surface area contributed by atoms with E-state index in [9.17, 15) is 13.6 Å². The molecule has 0 fully saturated rings.